The molecular formula is C16H26BClN6O4. The predicted octanol–water partition coefficient (Wildman–Crippen LogP) is -0.0424. The molecule has 154 valence electrons. The molecule has 2 aromatic rings. The number of hydrogen-bond donors (Lipinski definition) is 4. The number of rotatable bonds is 12. The number of unbranched alkanes of at least 4 members (excludes halogenated alkanes) is 2. The van der Waals surface area contributed by atoms with E-state index in [0.29, 0.717) is 25.2 Å². The van der Waals surface area contributed by atoms with E-state index < -0.39 is 7.32 Å². The molecule has 0 radical (unpaired) electrons. The van der Waals surface area contributed by atoms with E-state index in [1.807, 2.05) is 30.3 Å². The fourth-order valence-electron chi connectivity index (χ4n) is 2.54. The van der Waals surface area contributed by atoms with Gasteiger partial charge in [0.15, 0.2) is 5.82 Å². The average Bonchev–Trinajstić information content (AvgIpc) is 3.11. The summed E-state index contributed by atoms with van der Waals surface area (Å²) < 4.78 is 6.05. The summed E-state index contributed by atoms with van der Waals surface area (Å²) in [6, 6.07) is 9.24. The van der Waals surface area contributed by atoms with Gasteiger partial charge in [-0.25, -0.2) is 4.68 Å². The van der Waals surface area contributed by atoms with E-state index in [0.717, 1.165) is 18.4 Å². The van der Waals surface area contributed by atoms with Crippen LogP contribution in [0.2, 0.25) is 0 Å². The normalized spacial score (nSPS) is 11.5. The molecule has 1 aromatic carbocycles. The van der Waals surface area contributed by atoms with Crippen LogP contribution in [0.3, 0.4) is 0 Å². The van der Waals surface area contributed by atoms with Crippen molar-refractivity contribution in [2.24, 2.45) is 5.73 Å². The van der Waals surface area contributed by atoms with Crippen molar-refractivity contribution in [3.63, 3.8) is 0 Å². The minimum atomic E-state index is -1.73. The predicted molar refractivity (Wildman–Crippen MR) is 105 cm³/mol. The van der Waals surface area contributed by atoms with Gasteiger partial charge in [0, 0.05) is 13.2 Å². The molecule has 1 aromatic heterocycles. The second-order valence-electron chi connectivity index (χ2n) is 6.11. The molecule has 1 amide bonds. The van der Waals surface area contributed by atoms with E-state index in [1.54, 1.807) is 0 Å². The molecule has 28 heavy (non-hydrogen) atoms. The van der Waals surface area contributed by atoms with Crippen LogP contribution in [0.4, 0.5) is 0 Å². The molecular weight excluding hydrogens is 386 g/mol. The molecule has 0 fully saturated rings. The van der Waals surface area contributed by atoms with Gasteiger partial charge in [-0.1, -0.05) is 43.2 Å². The molecule has 1 heterocycles. The van der Waals surface area contributed by atoms with Gasteiger partial charge in [0.25, 0.3) is 0 Å². The van der Waals surface area contributed by atoms with Gasteiger partial charge in [-0.05, 0) is 28.8 Å². The van der Waals surface area contributed by atoms with Gasteiger partial charge in [-0.2, -0.15) is 0 Å². The highest BCUT2D eigenvalue weighted by Gasteiger charge is 2.17. The maximum atomic E-state index is 12.1. The lowest BCUT2D eigenvalue weighted by Gasteiger charge is -2.12. The van der Waals surface area contributed by atoms with Crippen molar-refractivity contribution in [2.75, 3.05) is 6.61 Å². The molecule has 0 saturated carbocycles. The van der Waals surface area contributed by atoms with Crippen LogP contribution in [0.5, 0.6) is 0 Å². The molecule has 0 aliphatic carbocycles. The quantitative estimate of drug-likeness (QED) is 0.280. The van der Waals surface area contributed by atoms with Crippen LogP contribution in [0.1, 0.15) is 43.1 Å². The number of nitrogens with two attached hydrogens (primary N) is 1. The Balaban J connectivity index is 0.00000392. The minimum absolute atomic E-state index is 0. The maximum Gasteiger partial charge on any atom is 0.633 e. The number of carbonyl (C=O) groups excluding carboxylic acids is 1. The Hall–Kier alpha value is -2.05. The molecule has 5 N–H and O–H groups in total. The molecule has 0 aliphatic heterocycles. The average molecular weight is 413 g/mol. The van der Waals surface area contributed by atoms with Gasteiger partial charge in [-0.3, -0.25) is 4.79 Å². The number of nitrogens with zero attached hydrogens (tertiary/aromatic N) is 4. The lowest BCUT2D eigenvalue weighted by molar-refractivity contribution is -0.122. The molecule has 0 bridgehead atoms. The van der Waals surface area contributed by atoms with E-state index >= 15 is 0 Å². The van der Waals surface area contributed by atoms with Gasteiger partial charge >= 0.3 is 7.32 Å². The number of nitrogens with one attached hydrogen (secondary N) is 1. The van der Waals surface area contributed by atoms with E-state index in [1.165, 1.54) is 4.68 Å². The molecule has 10 nitrogen and oxygen atoms in total. The van der Waals surface area contributed by atoms with E-state index in [9.17, 15) is 4.79 Å². The molecule has 0 spiro atoms. The van der Waals surface area contributed by atoms with Crippen molar-refractivity contribution >= 4 is 25.6 Å². The van der Waals surface area contributed by atoms with E-state index in [-0.39, 0.29) is 37.5 Å². The minimum Gasteiger partial charge on any atom is -0.402 e. The highest BCUT2D eigenvalue weighted by molar-refractivity contribution is 6.32. The summed E-state index contributed by atoms with van der Waals surface area (Å²) in [5.41, 5.74) is 7.15. The monoisotopic (exact) mass is 412 g/mol. The summed E-state index contributed by atoms with van der Waals surface area (Å²) in [4.78, 5) is 12.1. The van der Waals surface area contributed by atoms with Gasteiger partial charge in [0.05, 0.1) is 6.04 Å². The van der Waals surface area contributed by atoms with Crippen LogP contribution in [0, 0.1) is 0 Å². The summed E-state index contributed by atoms with van der Waals surface area (Å²) >= 11 is 0. The zero-order valence-corrected chi connectivity index (χ0v) is 16.3. The van der Waals surface area contributed by atoms with Crippen LogP contribution in [0.15, 0.2) is 30.3 Å². The van der Waals surface area contributed by atoms with Gasteiger partial charge < -0.3 is 25.8 Å². The lowest BCUT2D eigenvalue weighted by Crippen LogP contribution is -2.29. The number of aromatic nitrogens is 4. The first kappa shape index (κ1) is 24.0. The van der Waals surface area contributed by atoms with Crippen molar-refractivity contribution in [3.8, 4) is 0 Å². The second kappa shape index (κ2) is 13.2. The van der Waals surface area contributed by atoms with Crippen molar-refractivity contribution in [1.82, 2.24) is 25.5 Å². The Morgan fingerprint density at radius 2 is 2.00 bits per heavy atom. The second-order valence-corrected chi connectivity index (χ2v) is 6.11. The third-order valence-electron chi connectivity index (χ3n) is 3.94. The number of amides is 1. The fraction of sp³-hybridized carbons (Fsp3) is 0.500. The Morgan fingerprint density at radius 3 is 2.71 bits per heavy atom. The first-order valence-corrected chi connectivity index (χ1v) is 8.86. The first-order chi connectivity index (χ1) is 13.1. The highest BCUT2D eigenvalue weighted by atomic mass is 35.5. The van der Waals surface area contributed by atoms with Crippen molar-refractivity contribution in [2.45, 2.75) is 44.8 Å². The molecule has 0 saturated heterocycles. The van der Waals surface area contributed by atoms with Crippen molar-refractivity contribution in [3.05, 3.63) is 41.7 Å². The molecule has 2 rings (SSSR count). The highest BCUT2D eigenvalue weighted by Crippen LogP contribution is 2.14. The Bertz CT molecular complexity index is 691. The third-order valence-corrected chi connectivity index (χ3v) is 3.94. The van der Waals surface area contributed by atoms with E-state index in [2.05, 4.69) is 25.5 Å². The van der Waals surface area contributed by atoms with Crippen LogP contribution >= 0.6 is 12.4 Å². The summed E-state index contributed by atoms with van der Waals surface area (Å²) in [7, 11) is -1.73. The van der Waals surface area contributed by atoms with Crippen molar-refractivity contribution < 1.29 is 19.5 Å². The smallest absolute Gasteiger partial charge is 0.402 e. The summed E-state index contributed by atoms with van der Waals surface area (Å²) in [6.07, 6.45) is 2.96. The summed E-state index contributed by atoms with van der Waals surface area (Å²) in [5, 5.41) is 31.4. The van der Waals surface area contributed by atoms with Crippen molar-refractivity contribution in [1.29, 1.82) is 0 Å². The number of hydrogen-bond acceptors (Lipinski definition) is 8. The number of benzene rings is 1. The molecule has 0 aliphatic rings. The van der Waals surface area contributed by atoms with Gasteiger partial charge in [-0.15, -0.1) is 17.5 Å². The Kier molecular flexibility index (Phi) is 11.3. The molecule has 12 heteroatoms. The first-order valence-electron chi connectivity index (χ1n) is 8.86. The largest absolute Gasteiger partial charge is 0.633 e. The third kappa shape index (κ3) is 8.76. The standard InChI is InChI=1S/C16H25BN6O4.ClH/c18-14(9-5-2-6-10-27-17(25)26)16-20-21-22-23(16)12-15(24)19-11-13-7-3-1-4-8-13;/h1,3-4,7-8,14,25-26H,2,5-6,9-12,18H2,(H,19,24);1H. The number of halogens is 1. The SMILES string of the molecule is Cl.NC(CCCCCOB(O)O)c1nnnn1CC(=O)NCc1ccccc1. The van der Waals surface area contributed by atoms with Crippen LogP contribution in [0.25, 0.3) is 0 Å². The van der Waals surface area contributed by atoms with E-state index in [4.69, 9.17) is 15.8 Å². The number of tetrazole rings is 1. The summed E-state index contributed by atoms with van der Waals surface area (Å²) in [5.74, 6) is 0.270. The van der Waals surface area contributed by atoms with Gasteiger partial charge in [0.2, 0.25) is 5.91 Å². The van der Waals surface area contributed by atoms with Crippen LogP contribution < -0.4 is 11.1 Å². The molecule has 1 unspecified atom stereocenters. The zero-order chi connectivity index (χ0) is 19.5. The zero-order valence-electron chi connectivity index (χ0n) is 15.5. The summed E-state index contributed by atoms with van der Waals surface area (Å²) in [6.45, 7) is 0.713. The van der Waals surface area contributed by atoms with Crippen LogP contribution in [-0.2, 0) is 22.5 Å². The van der Waals surface area contributed by atoms with Crippen LogP contribution in [-0.4, -0.2) is 50.1 Å². The topological polar surface area (TPSA) is 148 Å². The fourth-order valence-corrected chi connectivity index (χ4v) is 2.54. The Morgan fingerprint density at radius 1 is 1.25 bits per heavy atom. The lowest BCUT2D eigenvalue weighted by atomic mass is 10.1. The molecule has 1 atom stereocenters. The Labute approximate surface area is 170 Å². The number of carbonyl (C=O) groups is 1. The maximum absolute atomic E-state index is 12.1. The van der Waals surface area contributed by atoms with Gasteiger partial charge in [0.1, 0.15) is 6.54 Å².